The molecule has 0 aromatic heterocycles. The number of benzene rings is 1. The van der Waals surface area contributed by atoms with Crippen molar-refractivity contribution in [2.24, 2.45) is 17.4 Å². The molecule has 12 nitrogen and oxygen atoms in total. The molecule has 0 saturated heterocycles. The number of amides is 4. The molecule has 0 bridgehead atoms. The summed E-state index contributed by atoms with van der Waals surface area (Å²) in [5, 5.41) is 25.6. The number of hydrogen-bond donors (Lipinski definition) is 7. The molecule has 0 fully saturated rings. The van der Waals surface area contributed by atoms with Crippen molar-refractivity contribution < 1.29 is 34.2 Å². The minimum atomic E-state index is -1.57. The molecule has 9 N–H and O–H groups in total. The third kappa shape index (κ3) is 9.25. The van der Waals surface area contributed by atoms with Crippen LogP contribution in [0, 0.1) is 5.92 Å². The lowest BCUT2D eigenvalue weighted by molar-refractivity contribution is -0.144. The summed E-state index contributed by atoms with van der Waals surface area (Å²) < 4.78 is 0. The minimum absolute atomic E-state index is 0.208. The Bertz CT molecular complexity index is 847. The molecule has 0 saturated carbocycles. The number of carbonyl (C=O) groups excluding carboxylic acids is 4. The zero-order valence-corrected chi connectivity index (χ0v) is 18.5. The van der Waals surface area contributed by atoms with Gasteiger partial charge in [-0.1, -0.05) is 44.2 Å². The lowest BCUT2D eigenvalue weighted by Gasteiger charge is -2.26. The van der Waals surface area contributed by atoms with Crippen molar-refractivity contribution >= 4 is 29.6 Å². The second-order valence-corrected chi connectivity index (χ2v) is 7.84. The third-order valence-electron chi connectivity index (χ3n) is 4.72. The first-order valence-electron chi connectivity index (χ1n) is 10.3. The number of nitrogens with one attached hydrogen (secondary N) is 3. The number of aliphatic carboxylic acids is 1. The first-order valence-corrected chi connectivity index (χ1v) is 10.3. The summed E-state index contributed by atoms with van der Waals surface area (Å²) in [5.41, 5.74) is 11.7. The maximum atomic E-state index is 12.6. The molecule has 4 unspecified atom stereocenters. The first-order chi connectivity index (χ1) is 15.5. The van der Waals surface area contributed by atoms with Gasteiger partial charge in [-0.25, -0.2) is 4.79 Å². The van der Waals surface area contributed by atoms with E-state index in [9.17, 15) is 29.1 Å². The first kappa shape index (κ1) is 27.5. The van der Waals surface area contributed by atoms with Crippen LogP contribution in [0.2, 0.25) is 0 Å². The van der Waals surface area contributed by atoms with Crippen molar-refractivity contribution in [3.8, 4) is 0 Å². The Kier molecular flexibility index (Phi) is 11.0. The topological polar surface area (TPSA) is 214 Å². The summed E-state index contributed by atoms with van der Waals surface area (Å²) in [6.07, 6.45) is -0.422. The number of carbonyl (C=O) groups is 5. The van der Waals surface area contributed by atoms with E-state index >= 15 is 0 Å². The van der Waals surface area contributed by atoms with E-state index in [1.165, 1.54) is 0 Å². The quantitative estimate of drug-likeness (QED) is 0.167. The molecular weight excluding hydrogens is 434 g/mol. The van der Waals surface area contributed by atoms with Gasteiger partial charge in [0.2, 0.25) is 23.6 Å². The molecule has 1 rings (SSSR count). The Labute approximate surface area is 191 Å². The number of hydrogen-bond acceptors (Lipinski definition) is 7. The van der Waals surface area contributed by atoms with E-state index in [-0.39, 0.29) is 6.42 Å². The Morgan fingerprint density at radius 1 is 0.909 bits per heavy atom. The average molecular weight is 466 g/mol. The minimum Gasteiger partial charge on any atom is -0.480 e. The van der Waals surface area contributed by atoms with E-state index in [0.29, 0.717) is 0 Å². The van der Waals surface area contributed by atoms with Gasteiger partial charge in [-0.3, -0.25) is 19.2 Å². The monoisotopic (exact) mass is 465 g/mol. The number of aliphatic hydroxyl groups is 1. The fourth-order valence-electron chi connectivity index (χ4n) is 2.89. The number of rotatable bonds is 13. The fourth-order valence-corrected chi connectivity index (χ4v) is 2.89. The normalized spacial score (nSPS) is 14.5. The van der Waals surface area contributed by atoms with Gasteiger partial charge in [-0.05, 0) is 17.9 Å². The molecule has 4 atom stereocenters. The highest BCUT2D eigenvalue weighted by atomic mass is 16.4. The molecule has 1 aromatic rings. The van der Waals surface area contributed by atoms with Crippen LogP contribution >= 0.6 is 0 Å². The Morgan fingerprint density at radius 3 is 1.97 bits per heavy atom. The number of aliphatic hydroxyl groups excluding tert-OH is 1. The van der Waals surface area contributed by atoms with Crippen LogP contribution in [0.5, 0.6) is 0 Å². The van der Waals surface area contributed by atoms with Crippen LogP contribution in [0.25, 0.3) is 0 Å². The van der Waals surface area contributed by atoms with Gasteiger partial charge in [-0.15, -0.1) is 0 Å². The van der Waals surface area contributed by atoms with E-state index in [2.05, 4.69) is 16.0 Å². The zero-order valence-electron chi connectivity index (χ0n) is 18.5. The largest absolute Gasteiger partial charge is 0.480 e. The Morgan fingerprint density at radius 2 is 1.48 bits per heavy atom. The highest BCUT2D eigenvalue weighted by Gasteiger charge is 2.32. The number of carboxylic acid groups (broad SMARTS) is 1. The standard InChI is InChI=1S/C21H31N5O7/c1-11(2)17(20(31)24-14(21(32)33)9-16(23)28)26-19(30)15(10-27)25-18(29)13(22)8-12-6-4-3-5-7-12/h3-7,11,13-15,17,27H,8-10,22H2,1-2H3,(H2,23,28)(H,24,31)(H,25,29)(H,26,30)(H,32,33). The lowest BCUT2D eigenvalue weighted by Crippen LogP contribution is -2.59. The molecule has 0 heterocycles. The lowest BCUT2D eigenvalue weighted by atomic mass is 10.0. The van der Waals surface area contributed by atoms with Crippen molar-refractivity contribution in [3.05, 3.63) is 35.9 Å². The summed E-state index contributed by atoms with van der Waals surface area (Å²) in [7, 11) is 0. The highest BCUT2D eigenvalue weighted by Crippen LogP contribution is 2.05. The van der Waals surface area contributed by atoms with E-state index in [4.69, 9.17) is 16.6 Å². The maximum absolute atomic E-state index is 12.6. The van der Waals surface area contributed by atoms with E-state index in [0.717, 1.165) is 5.56 Å². The van der Waals surface area contributed by atoms with Crippen molar-refractivity contribution in [3.63, 3.8) is 0 Å². The smallest absolute Gasteiger partial charge is 0.326 e. The number of nitrogens with two attached hydrogens (primary N) is 2. The van der Waals surface area contributed by atoms with Crippen molar-refractivity contribution in [2.75, 3.05) is 6.61 Å². The van der Waals surface area contributed by atoms with Crippen LogP contribution in [0.3, 0.4) is 0 Å². The summed E-state index contributed by atoms with van der Waals surface area (Å²) in [5.74, 6) is -5.30. The molecule has 4 amide bonds. The van der Waals surface area contributed by atoms with Crippen molar-refractivity contribution in [1.82, 2.24) is 16.0 Å². The molecule has 1 aromatic carbocycles. The summed E-state index contributed by atoms with van der Waals surface area (Å²) in [6, 6.07) is 3.82. The predicted molar refractivity (Wildman–Crippen MR) is 117 cm³/mol. The van der Waals surface area contributed by atoms with Crippen LogP contribution < -0.4 is 27.4 Å². The Balaban J connectivity index is 2.80. The number of primary amides is 1. The van der Waals surface area contributed by atoms with E-state index in [1.807, 2.05) is 6.07 Å². The van der Waals surface area contributed by atoms with Crippen LogP contribution in [-0.2, 0) is 30.4 Å². The van der Waals surface area contributed by atoms with Gasteiger partial charge in [-0.2, -0.15) is 0 Å². The molecule has 33 heavy (non-hydrogen) atoms. The highest BCUT2D eigenvalue weighted by molar-refractivity contribution is 5.95. The molecule has 0 spiro atoms. The molecule has 0 radical (unpaired) electrons. The molecule has 182 valence electrons. The predicted octanol–water partition coefficient (Wildman–Crippen LogP) is -2.38. The van der Waals surface area contributed by atoms with Crippen LogP contribution in [-0.4, -0.2) is 70.6 Å². The van der Waals surface area contributed by atoms with Crippen LogP contribution in [0.15, 0.2) is 30.3 Å². The van der Waals surface area contributed by atoms with Crippen LogP contribution in [0.4, 0.5) is 0 Å². The fraction of sp³-hybridized carbons (Fsp3) is 0.476. The van der Waals surface area contributed by atoms with Gasteiger partial charge in [0.1, 0.15) is 18.1 Å². The zero-order chi connectivity index (χ0) is 25.1. The summed E-state index contributed by atoms with van der Waals surface area (Å²) >= 11 is 0. The van der Waals surface area contributed by atoms with Crippen molar-refractivity contribution in [1.29, 1.82) is 0 Å². The van der Waals surface area contributed by atoms with Crippen LogP contribution in [0.1, 0.15) is 25.8 Å². The van der Waals surface area contributed by atoms with E-state index < -0.39 is 72.7 Å². The Hall–Kier alpha value is -3.51. The van der Waals surface area contributed by atoms with Gasteiger partial charge in [0, 0.05) is 0 Å². The third-order valence-corrected chi connectivity index (χ3v) is 4.72. The average Bonchev–Trinajstić information content (AvgIpc) is 2.74. The summed E-state index contributed by atoms with van der Waals surface area (Å²) in [4.78, 5) is 59.8. The SMILES string of the molecule is CC(C)C(NC(=O)C(CO)NC(=O)C(N)Cc1ccccc1)C(=O)NC(CC(N)=O)C(=O)O. The molecular formula is C21H31N5O7. The van der Waals surface area contributed by atoms with Gasteiger partial charge in [0.25, 0.3) is 0 Å². The van der Waals surface area contributed by atoms with Crippen molar-refractivity contribution in [2.45, 2.75) is 50.9 Å². The second-order valence-electron chi connectivity index (χ2n) is 7.84. The second kappa shape index (κ2) is 13.1. The van der Waals surface area contributed by atoms with Gasteiger partial charge >= 0.3 is 5.97 Å². The molecule has 12 heteroatoms. The maximum Gasteiger partial charge on any atom is 0.326 e. The van der Waals surface area contributed by atoms with Gasteiger partial charge in [0.15, 0.2) is 0 Å². The molecule has 0 aliphatic carbocycles. The molecule has 0 aliphatic heterocycles. The summed E-state index contributed by atoms with van der Waals surface area (Å²) in [6.45, 7) is 2.43. The number of carboxylic acids is 1. The van der Waals surface area contributed by atoms with Gasteiger partial charge < -0.3 is 37.6 Å². The van der Waals surface area contributed by atoms with Gasteiger partial charge in [0.05, 0.1) is 19.1 Å². The molecule has 0 aliphatic rings. The van der Waals surface area contributed by atoms with E-state index in [1.54, 1.807) is 38.1 Å².